The Balaban J connectivity index is 1.19. The molecule has 2 heterocycles. The number of hydrogen-bond donors (Lipinski definition) is 0. The molecule has 1 spiro atoms. The van der Waals surface area contributed by atoms with Crippen LogP contribution in [-0.2, 0) is 14.3 Å². The number of amides is 1. The van der Waals surface area contributed by atoms with Crippen LogP contribution >= 0.6 is 0 Å². The maximum absolute atomic E-state index is 12.4. The molecule has 2 saturated heterocycles. The van der Waals surface area contributed by atoms with E-state index in [2.05, 4.69) is 0 Å². The minimum Gasteiger partial charge on any atom is -0.484 e. The second-order valence-electron chi connectivity index (χ2n) is 7.93. The summed E-state index contributed by atoms with van der Waals surface area (Å²) in [6, 6.07) is 9.49. The third-order valence-corrected chi connectivity index (χ3v) is 6.10. The molecule has 0 radical (unpaired) electrons. The van der Waals surface area contributed by atoms with Crippen molar-refractivity contribution < 1.29 is 19.0 Å². The Morgan fingerprint density at radius 2 is 1.96 bits per heavy atom. The molecule has 1 aromatic rings. The summed E-state index contributed by atoms with van der Waals surface area (Å²) < 4.78 is 17.8. The SMILES string of the molecule is O=C(COc1ccccc1)N1CCC2(CC1)CC(OCC1CCC1)CO2. The number of carbonyl (C=O) groups is 1. The summed E-state index contributed by atoms with van der Waals surface area (Å²) in [6.07, 6.45) is 7.00. The average molecular weight is 359 g/mol. The Kier molecular flexibility index (Phi) is 5.46. The lowest BCUT2D eigenvalue weighted by atomic mass is 9.86. The van der Waals surface area contributed by atoms with Gasteiger partial charge < -0.3 is 19.1 Å². The summed E-state index contributed by atoms with van der Waals surface area (Å²) in [5, 5.41) is 0. The van der Waals surface area contributed by atoms with Gasteiger partial charge in [0.2, 0.25) is 0 Å². The Morgan fingerprint density at radius 3 is 2.65 bits per heavy atom. The molecule has 4 rings (SSSR count). The minimum absolute atomic E-state index is 0.0551. The highest BCUT2D eigenvalue weighted by molar-refractivity contribution is 5.77. The fourth-order valence-corrected chi connectivity index (χ4v) is 4.11. The van der Waals surface area contributed by atoms with Gasteiger partial charge in [-0.15, -0.1) is 0 Å². The smallest absolute Gasteiger partial charge is 0.260 e. The molecule has 0 bridgehead atoms. The first kappa shape index (κ1) is 17.8. The summed E-state index contributed by atoms with van der Waals surface area (Å²) in [5.74, 6) is 1.56. The van der Waals surface area contributed by atoms with E-state index in [4.69, 9.17) is 14.2 Å². The Morgan fingerprint density at radius 1 is 1.19 bits per heavy atom. The summed E-state index contributed by atoms with van der Waals surface area (Å²) >= 11 is 0. The summed E-state index contributed by atoms with van der Waals surface area (Å²) in [7, 11) is 0. The van der Waals surface area contributed by atoms with Crippen LogP contribution < -0.4 is 4.74 Å². The predicted octanol–water partition coefficient (Wildman–Crippen LogP) is 3.03. The first-order chi connectivity index (χ1) is 12.7. The highest BCUT2D eigenvalue weighted by Gasteiger charge is 2.44. The number of para-hydroxylation sites is 1. The topological polar surface area (TPSA) is 48.0 Å². The van der Waals surface area contributed by atoms with Gasteiger partial charge in [0.15, 0.2) is 6.61 Å². The van der Waals surface area contributed by atoms with Crippen molar-refractivity contribution in [3.63, 3.8) is 0 Å². The van der Waals surface area contributed by atoms with Crippen molar-refractivity contribution in [2.75, 3.05) is 32.9 Å². The van der Waals surface area contributed by atoms with Crippen molar-refractivity contribution in [1.82, 2.24) is 4.90 Å². The monoisotopic (exact) mass is 359 g/mol. The summed E-state index contributed by atoms with van der Waals surface area (Å²) in [4.78, 5) is 14.3. The van der Waals surface area contributed by atoms with Crippen LogP contribution in [0.3, 0.4) is 0 Å². The number of benzene rings is 1. The Hall–Kier alpha value is -1.59. The van der Waals surface area contributed by atoms with Crippen LogP contribution in [-0.4, -0.2) is 55.4 Å². The van der Waals surface area contributed by atoms with Gasteiger partial charge in [0.05, 0.1) is 18.3 Å². The van der Waals surface area contributed by atoms with Gasteiger partial charge in [-0.2, -0.15) is 0 Å². The maximum Gasteiger partial charge on any atom is 0.260 e. The van der Waals surface area contributed by atoms with Crippen LogP contribution in [0.4, 0.5) is 0 Å². The molecule has 26 heavy (non-hydrogen) atoms. The number of piperidine rings is 1. The normalized spacial score (nSPS) is 25.2. The molecule has 142 valence electrons. The number of carbonyl (C=O) groups excluding carboxylic acids is 1. The molecule has 1 aliphatic carbocycles. The average Bonchev–Trinajstić information content (AvgIpc) is 3.02. The van der Waals surface area contributed by atoms with E-state index in [9.17, 15) is 4.79 Å². The molecule has 1 unspecified atom stereocenters. The van der Waals surface area contributed by atoms with E-state index in [0.29, 0.717) is 6.61 Å². The van der Waals surface area contributed by atoms with Gasteiger partial charge >= 0.3 is 0 Å². The number of rotatable bonds is 6. The fourth-order valence-electron chi connectivity index (χ4n) is 4.11. The molecule has 2 aliphatic heterocycles. The first-order valence-electron chi connectivity index (χ1n) is 9.94. The van der Waals surface area contributed by atoms with E-state index in [1.165, 1.54) is 19.3 Å². The molecule has 3 fully saturated rings. The van der Waals surface area contributed by atoms with Crippen molar-refractivity contribution in [1.29, 1.82) is 0 Å². The highest BCUT2D eigenvalue weighted by atomic mass is 16.6. The van der Waals surface area contributed by atoms with Crippen molar-refractivity contribution >= 4 is 5.91 Å². The predicted molar refractivity (Wildman–Crippen MR) is 98.1 cm³/mol. The minimum atomic E-state index is -0.0820. The lowest BCUT2D eigenvalue weighted by molar-refractivity contribution is -0.138. The molecule has 5 nitrogen and oxygen atoms in total. The maximum atomic E-state index is 12.4. The third kappa shape index (κ3) is 4.21. The number of hydrogen-bond acceptors (Lipinski definition) is 4. The summed E-state index contributed by atoms with van der Waals surface area (Å²) in [5.41, 5.74) is -0.0820. The zero-order valence-electron chi connectivity index (χ0n) is 15.4. The van der Waals surface area contributed by atoms with E-state index in [-0.39, 0.29) is 24.2 Å². The van der Waals surface area contributed by atoms with Crippen molar-refractivity contribution in [3.8, 4) is 5.75 Å². The second-order valence-corrected chi connectivity index (χ2v) is 7.93. The van der Waals surface area contributed by atoms with E-state index in [1.54, 1.807) is 0 Å². The van der Waals surface area contributed by atoms with Crippen molar-refractivity contribution in [2.24, 2.45) is 5.92 Å². The Labute approximate surface area is 155 Å². The molecule has 0 N–H and O–H groups in total. The number of likely N-dealkylation sites (tertiary alicyclic amines) is 1. The highest BCUT2D eigenvalue weighted by Crippen LogP contribution is 2.37. The van der Waals surface area contributed by atoms with Gasteiger partial charge in [-0.25, -0.2) is 0 Å². The van der Waals surface area contributed by atoms with Crippen LogP contribution in [0.15, 0.2) is 30.3 Å². The van der Waals surface area contributed by atoms with Gasteiger partial charge in [-0.1, -0.05) is 24.6 Å². The molecule has 1 atom stereocenters. The van der Waals surface area contributed by atoms with Crippen molar-refractivity contribution in [2.45, 2.75) is 50.2 Å². The first-order valence-corrected chi connectivity index (χ1v) is 9.94. The van der Waals surface area contributed by atoms with Crippen LogP contribution in [0.5, 0.6) is 5.75 Å². The van der Waals surface area contributed by atoms with Crippen LogP contribution in [0.1, 0.15) is 38.5 Å². The van der Waals surface area contributed by atoms with E-state index in [1.807, 2.05) is 35.2 Å². The molecular weight excluding hydrogens is 330 g/mol. The second kappa shape index (κ2) is 7.97. The quantitative estimate of drug-likeness (QED) is 0.783. The molecule has 5 heteroatoms. The van der Waals surface area contributed by atoms with Gasteiger partial charge in [0, 0.05) is 26.1 Å². The third-order valence-electron chi connectivity index (χ3n) is 6.10. The molecule has 1 aromatic carbocycles. The van der Waals surface area contributed by atoms with Gasteiger partial charge in [-0.3, -0.25) is 4.79 Å². The standard InChI is InChI=1S/C21H29NO4/c23-20(16-25-18-7-2-1-3-8-18)22-11-9-21(10-12-22)13-19(15-26-21)24-14-17-5-4-6-17/h1-3,7-8,17,19H,4-6,9-16H2. The van der Waals surface area contributed by atoms with E-state index >= 15 is 0 Å². The van der Waals surface area contributed by atoms with Crippen LogP contribution in [0.2, 0.25) is 0 Å². The molecule has 1 saturated carbocycles. The zero-order chi connectivity index (χ0) is 17.8. The summed E-state index contributed by atoms with van der Waals surface area (Å²) in [6.45, 7) is 3.19. The fraction of sp³-hybridized carbons (Fsp3) is 0.667. The van der Waals surface area contributed by atoms with Gasteiger partial charge in [0.25, 0.3) is 5.91 Å². The van der Waals surface area contributed by atoms with E-state index < -0.39 is 0 Å². The van der Waals surface area contributed by atoms with Gasteiger partial charge in [-0.05, 0) is 43.7 Å². The van der Waals surface area contributed by atoms with Crippen LogP contribution in [0, 0.1) is 5.92 Å². The lowest BCUT2D eigenvalue weighted by Crippen LogP contribution is -2.47. The largest absolute Gasteiger partial charge is 0.484 e. The number of nitrogens with zero attached hydrogens (tertiary/aromatic N) is 1. The molecule has 3 aliphatic rings. The van der Waals surface area contributed by atoms with Crippen molar-refractivity contribution in [3.05, 3.63) is 30.3 Å². The zero-order valence-corrected chi connectivity index (χ0v) is 15.4. The number of ether oxygens (including phenoxy) is 3. The lowest BCUT2D eigenvalue weighted by Gasteiger charge is -2.38. The van der Waals surface area contributed by atoms with E-state index in [0.717, 1.165) is 50.6 Å². The molecular formula is C21H29NO4. The Bertz CT molecular complexity index is 593. The van der Waals surface area contributed by atoms with Gasteiger partial charge in [0.1, 0.15) is 5.75 Å². The molecule has 1 amide bonds. The molecule has 0 aromatic heterocycles. The van der Waals surface area contributed by atoms with Crippen LogP contribution in [0.25, 0.3) is 0 Å².